The summed E-state index contributed by atoms with van der Waals surface area (Å²) < 4.78 is 5.97. The van der Waals surface area contributed by atoms with Crippen molar-refractivity contribution in [1.29, 1.82) is 0 Å². The molecular formula is C14H12BrNO2. The lowest BCUT2D eigenvalue weighted by Crippen LogP contribution is -1.95. The van der Waals surface area contributed by atoms with Crippen LogP contribution in [0.3, 0.4) is 0 Å². The number of hydrogen-bond donors (Lipinski definition) is 1. The summed E-state index contributed by atoms with van der Waals surface area (Å²) in [4.78, 5) is 11.0. The van der Waals surface area contributed by atoms with Crippen molar-refractivity contribution in [1.82, 2.24) is 0 Å². The standard InChI is InChI=1S/C14H12BrNO2/c1-18-13-5-3-12(4-6-13)16-14-7-2-11(15)8-10(14)9-17/h2-9,16H,1H3. The maximum atomic E-state index is 11.0. The van der Waals surface area contributed by atoms with Gasteiger partial charge in [0, 0.05) is 21.4 Å². The third kappa shape index (κ3) is 2.90. The van der Waals surface area contributed by atoms with E-state index in [2.05, 4.69) is 21.2 Å². The Hall–Kier alpha value is -1.81. The first-order valence-electron chi connectivity index (χ1n) is 5.39. The average Bonchev–Trinajstić information content (AvgIpc) is 2.41. The predicted octanol–water partition coefficient (Wildman–Crippen LogP) is 4.01. The van der Waals surface area contributed by atoms with Gasteiger partial charge in [-0.05, 0) is 42.5 Å². The maximum absolute atomic E-state index is 11.0. The van der Waals surface area contributed by atoms with Gasteiger partial charge in [-0.15, -0.1) is 0 Å². The smallest absolute Gasteiger partial charge is 0.152 e. The zero-order valence-electron chi connectivity index (χ0n) is 9.81. The number of hydrogen-bond acceptors (Lipinski definition) is 3. The summed E-state index contributed by atoms with van der Waals surface area (Å²) in [5.74, 6) is 0.798. The fraction of sp³-hybridized carbons (Fsp3) is 0.0714. The van der Waals surface area contributed by atoms with E-state index < -0.39 is 0 Å². The minimum Gasteiger partial charge on any atom is -0.497 e. The molecule has 0 fully saturated rings. The number of ether oxygens (including phenoxy) is 1. The van der Waals surface area contributed by atoms with Crippen LogP contribution in [0, 0.1) is 0 Å². The molecule has 0 aromatic heterocycles. The van der Waals surface area contributed by atoms with Crippen molar-refractivity contribution in [3.63, 3.8) is 0 Å². The normalized spacial score (nSPS) is 9.89. The van der Waals surface area contributed by atoms with Crippen molar-refractivity contribution in [3.05, 3.63) is 52.5 Å². The minimum absolute atomic E-state index is 0.611. The van der Waals surface area contributed by atoms with Crippen molar-refractivity contribution >= 4 is 33.6 Å². The van der Waals surface area contributed by atoms with E-state index in [1.54, 1.807) is 13.2 Å². The molecule has 0 amide bonds. The molecule has 4 heteroatoms. The highest BCUT2D eigenvalue weighted by Crippen LogP contribution is 2.24. The van der Waals surface area contributed by atoms with E-state index in [4.69, 9.17) is 4.74 Å². The molecule has 0 radical (unpaired) electrons. The van der Waals surface area contributed by atoms with Crippen molar-refractivity contribution in [3.8, 4) is 5.75 Å². The first-order chi connectivity index (χ1) is 8.72. The fourth-order valence-corrected chi connectivity index (χ4v) is 1.95. The molecule has 2 aromatic carbocycles. The maximum Gasteiger partial charge on any atom is 0.152 e. The molecule has 0 heterocycles. The van der Waals surface area contributed by atoms with Gasteiger partial charge in [0.15, 0.2) is 6.29 Å². The van der Waals surface area contributed by atoms with E-state index >= 15 is 0 Å². The van der Waals surface area contributed by atoms with Crippen LogP contribution in [0.5, 0.6) is 5.75 Å². The number of carbonyl (C=O) groups excluding carboxylic acids is 1. The highest BCUT2D eigenvalue weighted by Gasteiger charge is 2.03. The molecule has 1 N–H and O–H groups in total. The van der Waals surface area contributed by atoms with Crippen molar-refractivity contribution in [2.75, 3.05) is 12.4 Å². The molecule has 0 saturated carbocycles. The molecule has 2 aromatic rings. The Morgan fingerprint density at radius 3 is 2.50 bits per heavy atom. The topological polar surface area (TPSA) is 38.3 Å². The van der Waals surface area contributed by atoms with Crippen LogP contribution in [0.15, 0.2) is 46.9 Å². The summed E-state index contributed by atoms with van der Waals surface area (Å²) in [5.41, 5.74) is 2.29. The van der Waals surface area contributed by atoms with Crippen LogP contribution < -0.4 is 10.1 Å². The molecule has 0 unspecified atom stereocenters. The van der Waals surface area contributed by atoms with Crippen LogP contribution in [-0.4, -0.2) is 13.4 Å². The number of rotatable bonds is 4. The van der Waals surface area contributed by atoms with E-state index in [1.807, 2.05) is 36.4 Å². The summed E-state index contributed by atoms with van der Waals surface area (Å²) >= 11 is 3.34. The van der Waals surface area contributed by atoms with Crippen LogP contribution in [0.4, 0.5) is 11.4 Å². The largest absolute Gasteiger partial charge is 0.497 e. The van der Waals surface area contributed by atoms with Crippen molar-refractivity contribution in [2.45, 2.75) is 0 Å². The Morgan fingerprint density at radius 1 is 1.17 bits per heavy atom. The number of aldehydes is 1. The Kier molecular flexibility index (Phi) is 3.99. The summed E-state index contributed by atoms with van der Waals surface area (Å²) in [5, 5.41) is 3.19. The minimum atomic E-state index is 0.611. The molecule has 18 heavy (non-hydrogen) atoms. The van der Waals surface area contributed by atoms with Crippen LogP contribution in [-0.2, 0) is 0 Å². The van der Waals surface area contributed by atoms with Crippen LogP contribution in [0.1, 0.15) is 10.4 Å². The molecule has 2 rings (SSSR count). The lowest BCUT2D eigenvalue weighted by molar-refractivity contribution is 0.112. The first kappa shape index (κ1) is 12.6. The number of benzene rings is 2. The molecular weight excluding hydrogens is 294 g/mol. The SMILES string of the molecule is COc1ccc(Nc2ccc(Br)cc2C=O)cc1. The Bertz CT molecular complexity index is 552. The van der Waals surface area contributed by atoms with Crippen LogP contribution in [0.25, 0.3) is 0 Å². The molecule has 0 aliphatic carbocycles. The highest BCUT2D eigenvalue weighted by molar-refractivity contribution is 9.10. The van der Waals surface area contributed by atoms with Gasteiger partial charge >= 0.3 is 0 Å². The number of methoxy groups -OCH3 is 1. The van der Waals surface area contributed by atoms with Gasteiger partial charge in [0.2, 0.25) is 0 Å². The van der Waals surface area contributed by atoms with Gasteiger partial charge in [0.05, 0.1) is 7.11 Å². The zero-order valence-corrected chi connectivity index (χ0v) is 11.4. The quantitative estimate of drug-likeness (QED) is 0.867. The number of nitrogens with one attached hydrogen (secondary N) is 1. The summed E-state index contributed by atoms with van der Waals surface area (Å²) in [7, 11) is 1.63. The number of carbonyl (C=O) groups is 1. The van der Waals surface area contributed by atoms with Crippen molar-refractivity contribution in [2.24, 2.45) is 0 Å². The van der Waals surface area contributed by atoms with Crippen LogP contribution in [0.2, 0.25) is 0 Å². The first-order valence-corrected chi connectivity index (χ1v) is 6.18. The van der Waals surface area contributed by atoms with Gasteiger partial charge < -0.3 is 10.1 Å². The second-order valence-corrected chi connectivity index (χ2v) is 4.62. The van der Waals surface area contributed by atoms with E-state index in [0.29, 0.717) is 5.56 Å². The third-order valence-corrected chi connectivity index (χ3v) is 3.00. The zero-order chi connectivity index (χ0) is 13.0. The molecule has 0 spiro atoms. The van der Waals surface area contributed by atoms with Gasteiger partial charge in [-0.3, -0.25) is 4.79 Å². The van der Waals surface area contributed by atoms with Gasteiger partial charge in [-0.25, -0.2) is 0 Å². The molecule has 92 valence electrons. The summed E-state index contributed by atoms with van der Waals surface area (Å²) in [6.45, 7) is 0. The molecule has 0 atom stereocenters. The third-order valence-electron chi connectivity index (χ3n) is 2.51. The lowest BCUT2D eigenvalue weighted by Gasteiger charge is -2.09. The fourth-order valence-electron chi connectivity index (χ4n) is 1.57. The molecule has 0 saturated heterocycles. The lowest BCUT2D eigenvalue weighted by atomic mass is 10.2. The van der Waals surface area contributed by atoms with Crippen LogP contribution >= 0.6 is 15.9 Å². The average molecular weight is 306 g/mol. The Morgan fingerprint density at radius 2 is 1.89 bits per heavy atom. The second kappa shape index (κ2) is 5.69. The van der Waals surface area contributed by atoms with Gasteiger partial charge in [-0.2, -0.15) is 0 Å². The van der Waals surface area contributed by atoms with Gasteiger partial charge in [0.1, 0.15) is 5.75 Å². The van der Waals surface area contributed by atoms with Gasteiger partial charge in [-0.1, -0.05) is 15.9 Å². The highest BCUT2D eigenvalue weighted by atomic mass is 79.9. The number of anilines is 2. The van der Waals surface area contributed by atoms with Gasteiger partial charge in [0.25, 0.3) is 0 Å². The summed E-state index contributed by atoms with van der Waals surface area (Å²) in [6, 6.07) is 13.0. The second-order valence-electron chi connectivity index (χ2n) is 3.70. The Labute approximate surface area is 114 Å². The van der Waals surface area contributed by atoms with Crippen molar-refractivity contribution < 1.29 is 9.53 Å². The number of halogens is 1. The Balaban J connectivity index is 2.24. The summed E-state index contributed by atoms with van der Waals surface area (Å²) in [6.07, 6.45) is 0.830. The molecule has 3 nitrogen and oxygen atoms in total. The van der Waals surface area contributed by atoms with E-state index in [9.17, 15) is 4.79 Å². The molecule has 0 aliphatic rings. The predicted molar refractivity (Wildman–Crippen MR) is 75.8 cm³/mol. The monoisotopic (exact) mass is 305 g/mol. The van der Waals surface area contributed by atoms with E-state index in [-0.39, 0.29) is 0 Å². The molecule has 0 aliphatic heterocycles. The van der Waals surface area contributed by atoms with E-state index in [0.717, 1.165) is 27.9 Å². The molecule has 0 bridgehead atoms. The van der Waals surface area contributed by atoms with E-state index in [1.165, 1.54) is 0 Å².